The van der Waals surface area contributed by atoms with Crippen LogP contribution in [0.15, 0.2) is 17.0 Å². The molecular weight excluding hydrogens is 339 g/mol. The van der Waals surface area contributed by atoms with Crippen LogP contribution in [0.1, 0.15) is 24.2 Å². The van der Waals surface area contributed by atoms with Crippen LogP contribution < -0.4 is 10.5 Å². The van der Waals surface area contributed by atoms with E-state index in [4.69, 9.17) is 33.1 Å². The summed E-state index contributed by atoms with van der Waals surface area (Å²) < 4.78 is 28.1. The van der Waals surface area contributed by atoms with Gasteiger partial charge < -0.3 is 10.1 Å². The molecule has 0 aromatic heterocycles. The summed E-state index contributed by atoms with van der Waals surface area (Å²) in [6.07, 6.45) is 0.0564. The molecule has 9 heteroatoms. The summed E-state index contributed by atoms with van der Waals surface area (Å²) in [7, 11) is -4.07. The Morgan fingerprint density at radius 3 is 2.52 bits per heavy atom. The van der Waals surface area contributed by atoms with Gasteiger partial charge in [0, 0.05) is 12.1 Å². The Hall–Kier alpha value is -0.860. The standard InChI is InChI=1S/C12H16Cl2N2O4S/c1-7(2)20-4-3-16-12(17)8-5-9(13)11(14)10(6-8)21(15,18)19/h5-7H,3-4H2,1-2H3,(H,16,17)(H2,15,18,19). The van der Waals surface area contributed by atoms with Gasteiger partial charge >= 0.3 is 0 Å². The lowest BCUT2D eigenvalue weighted by atomic mass is 10.2. The monoisotopic (exact) mass is 354 g/mol. The Kier molecular flexibility index (Phi) is 6.42. The Balaban J connectivity index is 2.89. The highest BCUT2D eigenvalue weighted by Crippen LogP contribution is 2.30. The second-order valence-electron chi connectivity index (χ2n) is 4.49. The fourth-order valence-electron chi connectivity index (χ4n) is 1.46. The molecule has 1 aromatic carbocycles. The predicted octanol–water partition coefficient (Wildman–Crippen LogP) is 1.80. The van der Waals surface area contributed by atoms with Gasteiger partial charge in [0.2, 0.25) is 10.0 Å². The predicted molar refractivity (Wildman–Crippen MR) is 81.3 cm³/mol. The molecule has 6 nitrogen and oxygen atoms in total. The number of hydrogen-bond acceptors (Lipinski definition) is 4. The number of hydrogen-bond donors (Lipinski definition) is 2. The van der Waals surface area contributed by atoms with Gasteiger partial charge in [-0.1, -0.05) is 23.2 Å². The maximum atomic E-state index is 11.9. The third-order valence-electron chi connectivity index (χ3n) is 2.40. The van der Waals surface area contributed by atoms with Gasteiger partial charge in [-0.25, -0.2) is 13.6 Å². The summed E-state index contributed by atoms with van der Waals surface area (Å²) in [6.45, 7) is 4.37. The lowest BCUT2D eigenvalue weighted by Gasteiger charge is -2.10. The van der Waals surface area contributed by atoms with E-state index in [2.05, 4.69) is 5.32 Å². The molecular formula is C12H16Cl2N2O4S. The van der Waals surface area contributed by atoms with Crippen molar-refractivity contribution in [1.82, 2.24) is 5.32 Å². The molecule has 0 aliphatic rings. The molecule has 118 valence electrons. The van der Waals surface area contributed by atoms with Gasteiger partial charge in [-0.15, -0.1) is 0 Å². The molecule has 1 amide bonds. The van der Waals surface area contributed by atoms with Gasteiger partial charge in [0.25, 0.3) is 5.91 Å². The van der Waals surface area contributed by atoms with E-state index in [-0.39, 0.29) is 33.2 Å². The summed E-state index contributed by atoms with van der Waals surface area (Å²) in [5.74, 6) is -0.495. The Morgan fingerprint density at radius 2 is 2.00 bits per heavy atom. The maximum Gasteiger partial charge on any atom is 0.251 e. The van der Waals surface area contributed by atoms with Crippen molar-refractivity contribution in [2.24, 2.45) is 5.14 Å². The Morgan fingerprint density at radius 1 is 1.38 bits per heavy atom. The van der Waals surface area contributed by atoms with E-state index in [1.807, 2.05) is 13.8 Å². The highest BCUT2D eigenvalue weighted by atomic mass is 35.5. The lowest BCUT2D eigenvalue weighted by Crippen LogP contribution is -2.28. The molecule has 0 heterocycles. The first-order valence-electron chi connectivity index (χ1n) is 6.04. The van der Waals surface area contributed by atoms with Crippen molar-refractivity contribution in [3.05, 3.63) is 27.7 Å². The molecule has 0 fully saturated rings. The number of rotatable bonds is 6. The topological polar surface area (TPSA) is 98.5 Å². The summed E-state index contributed by atoms with van der Waals surface area (Å²) in [5, 5.41) is 7.33. The van der Waals surface area contributed by atoms with Crippen molar-refractivity contribution in [3.8, 4) is 0 Å². The van der Waals surface area contributed by atoms with E-state index in [0.717, 1.165) is 6.07 Å². The van der Waals surface area contributed by atoms with E-state index in [1.165, 1.54) is 6.07 Å². The highest BCUT2D eigenvalue weighted by molar-refractivity contribution is 7.89. The molecule has 21 heavy (non-hydrogen) atoms. The fraction of sp³-hybridized carbons (Fsp3) is 0.417. The highest BCUT2D eigenvalue weighted by Gasteiger charge is 2.19. The van der Waals surface area contributed by atoms with Gasteiger partial charge in [0.1, 0.15) is 4.90 Å². The van der Waals surface area contributed by atoms with E-state index in [1.54, 1.807) is 0 Å². The van der Waals surface area contributed by atoms with Crippen molar-refractivity contribution in [2.45, 2.75) is 24.8 Å². The minimum absolute atomic E-state index is 0.0537. The summed E-state index contributed by atoms with van der Waals surface area (Å²) in [4.78, 5) is 11.5. The number of ether oxygens (including phenoxy) is 1. The average Bonchev–Trinajstić information content (AvgIpc) is 2.35. The van der Waals surface area contributed by atoms with Gasteiger partial charge in [-0.05, 0) is 26.0 Å². The van der Waals surface area contributed by atoms with Crippen LogP contribution in [0.5, 0.6) is 0 Å². The summed E-state index contributed by atoms with van der Waals surface area (Å²) >= 11 is 11.6. The molecule has 1 aromatic rings. The van der Waals surface area contributed by atoms with Crippen molar-refractivity contribution in [3.63, 3.8) is 0 Å². The molecule has 0 saturated carbocycles. The quantitative estimate of drug-likeness (QED) is 0.760. The van der Waals surface area contributed by atoms with Crippen molar-refractivity contribution < 1.29 is 17.9 Å². The Labute approximate surface area is 133 Å². The van der Waals surface area contributed by atoms with Crippen molar-refractivity contribution in [1.29, 1.82) is 0 Å². The number of carbonyl (C=O) groups is 1. The fourth-order valence-corrected chi connectivity index (χ4v) is 2.82. The minimum atomic E-state index is -4.07. The number of amides is 1. The lowest BCUT2D eigenvalue weighted by molar-refractivity contribution is 0.0746. The van der Waals surface area contributed by atoms with E-state index < -0.39 is 15.9 Å². The van der Waals surface area contributed by atoms with Gasteiger partial charge in [0.05, 0.1) is 22.8 Å². The molecule has 0 spiro atoms. The van der Waals surface area contributed by atoms with Gasteiger partial charge in [0.15, 0.2) is 0 Å². The Bertz CT molecular complexity index is 632. The first-order chi connectivity index (χ1) is 9.62. The van der Waals surface area contributed by atoms with Gasteiger partial charge in [-0.2, -0.15) is 0 Å². The number of nitrogens with two attached hydrogens (primary N) is 1. The van der Waals surface area contributed by atoms with Crippen LogP contribution >= 0.6 is 23.2 Å². The average molecular weight is 355 g/mol. The molecule has 0 bridgehead atoms. The smallest absolute Gasteiger partial charge is 0.251 e. The minimum Gasteiger partial charge on any atom is -0.377 e. The van der Waals surface area contributed by atoms with Crippen LogP contribution in [0, 0.1) is 0 Å². The molecule has 0 unspecified atom stereocenters. The third-order valence-corrected chi connectivity index (χ3v) is 4.25. The van der Waals surface area contributed by atoms with E-state index in [9.17, 15) is 13.2 Å². The number of nitrogens with one attached hydrogen (secondary N) is 1. The van der Waals surface area contributed by atoms with Crippen molar-refractivity contribution in [2.75, 3.05) is 13.2 Å². The molecule has 3 N–H and O–H groups in total. The van der Waals surface area contributed by atoms with E-state index >= 15 is 0 Å². The van der Waals surface area contributed by atoms with E-state index in [0.29, 0.717) is 6.61 Å². The SMILES string of the molecule is CC(C)OCCNC(=O)c1cc(Cl)c(Cl)c(S(N)(=O)=O)c1. The second-order valence-corrected chi connectivity index (χ2v) is 6.81. The number of halogens is 2. The zero-order valence-corrected chi connectivity index (χ0v) is 13.8. The zero-order chi connectivity index (χ0) is 16.2. The molecule has 0 radical (unpaired) electrons. The third kappa shape index (κ3) is 5.44. The summed E-state index contributed by atoms with van der Waals surface area (Å²) in [6, 6.07) is 2.36. The zero-order valence-electron chi connectivity index (χ0n) is 11.5. The summed E-state index contributed by atoms with van der Waals surface area (Å²) in [5.41, 5.74) is 0.0537. The molecule has 0 saturated heterocycles. The van der Waals surface area contributed by atoms with Crippen LogP contribution in [-0.4, -0.2) is 33.6 Å². The first-order valence-corrected chi connectivity index (χ1v) is 8.34. The maximum absolute atomic E-state index is 11.9. The number of sulfonamides is 1. The largest absolute Gasteiger partial charge is 0.377 e. The van der Waals surface area contributed by atoms with Crippen LogP contribution in [0.3, 0.4) is 0 Å². The van der Waals surface area contributed by atoms with Crippen LogP contribution in [-0.2, 0) is 14.8 Å². The number of primary sulfonamides is 1. The molecule has 0 aliphatic heterocycles. The normalized spacial score (nSPS) is 11.7. The van der Waals surface area contributed by atoms with Crippen molar-refractivity contribution >= 4 is 39.1 Å². The number of carbonyl (C=O) groups excluding carboxylic acids is 1. The number of benzene rings is 1. The second kappa shape index (κ2) is 7.42. The van der Waals surface area contributed by atoms with Crippen LogP contribution in [0.2, 0.25) is 10.0 Å². The first kappa shape index (κ1) is 18.2. The molecule has 1 rings (SSSR count). The van der Waals surface area contributed by atoms with Crippen LogP contribution in [0.25, 0.3) is 0 Å². The molecule has 0 aliphatic carbocycles. The molecule has 0 atom stereocenters. The van der Waals surface area contributed by atoms with Gasteiger partial charge in [-0.3, -0.25) is 4.79 Å². The van der Waals surface area contributed by atoms with Crippen LogP contribution in [0.4, 0.5) is 0 Å².